The minimum absolute atomic E-state index is 0.126. The molecule has 0 aliphatic carbocycles. The quantitative estimate of drug-likeness (QED) is 0.440. The molecular formula is C20H28BrClO4. The highest BCUT2D eigenvalue weighted by molar-refractivity contribution is 9.10. The van der Waals surface area contributed by atoms with E-state index in [2.05, 4.69) is 15.9 Å². The number of carbonyl (C=O) groups excluding carboxylic acids is 2. The fourth-order valence-electron chi connectivity index (χ4n) is 2.67. The van der Waals surface area contributed by atoms with Crippen molar-refractivity contribution in [2.24, 2.45) is 11.8 Å². The van der Waals surface area contributed by atoms with Crippen LogP contribution in [0.25, 0.3) is 0 Å². The molecule has 0 bridgehead atoms. The molecule has 1 aromatic carbocycles. The van der Waals surface area contributed by atoms with Crippen molar-refractivity contribution < 1.29 is 19.1 Å². The number of hydrogen-bond acceptors (Lipinski definition) is 4. The Morgan fingerprint density at radius 1 is 0.923 bits per heavy atom. The zero-order chi connectivity index (χ0) is 20.0. The monoisotopic (exact) mass is 446 g/mol. The van der Waals surface area contributed by atoms with E-state index < -0.39 is 11.9 Å². The number of carbonyl (C=O) groups is 2. The average Bonchev–Trinajstić information content (AvgIpc) is 2.58. The molecule has 0 spiro atoms. The highest BCUT2D eigenvalue weighted by Crippen LogP contribution is 2.29. The van der Waals surface area contributed by atoms with Crippen LogP contribution in [0.3, 0.4) is 0 Å². The Labute approximate surface area is 169 Å². The van der Waals surface area contributed by atoms with Crippen LogP contribution < -0.4 is 0 Å². The lowest BCUT2D eigenvalue weighted by Gasteiger charge is -2.22. The minimum Gasteiger partial charge on any atom is -0.459 e. The lowest BCUT2D eigenvalue weighted by Crippen LogP contribution is -2.26. The van der Waals surface area contributed by atoms with Gasteiger partial charge in [0.15, 0.2) is 0 Å². The first kappa shape index (κ1) is 23.0. The van der Waals surface area contributed by atoms with Crippen molar-refractivity contribution in [2.45, 2.75) is 66.6 Å². The standard InChI is InChI=1S/C20H28BrClO4/c1-7-17(11(3)4)25-19(23)13-9-15(21)16(22)10-14(13)20(24)26-18(8-2)12(5)6/h9-12,17-18H,7-8H2,1-6H3. The molecule has 2 unspecified atom stereocenters. The SMILES string of the molecule is CCC(OC(=O)c1cc(Cl)c(Br)cc1C(=O)OC(CC)C(C)C)C(C)C. The van der Waals surface area contributed by atoms with Crippen LogP contribution in [0.2, 0.25) is 5.02 Å². The van der Waals surface area contributed by atoms with E-state index in [1.54, 1.807) is 0 Å². The summed E-state index contributed by atoms with van der Waals surface area (Å²) >= 11 is 9.45. The van der Waals surface area contributed by atoms with Gasteiger partial charge in [-0.1, -0.05) is 53.1 Å². The van der Waals surface area contributed by atoms with Gasteiger partial charge in [0.05, 0.1) is 16.1 Å². The van der Waals surface area contributed by atoms with Crippen LogP contribution in [0.4, 0.5) is 0 Å². The van der Waals surface area contributed by atoms with Gasteiger partial charge >= 0.3 is 11.9 Å². The first-order valence-electron chi connectivity index (χ1n) is 9.03. The molecule has 26 heavy (non-hydrogen) atoms. The fraction of sp³-hybridized carbons (Fsp3) is 0.600. The second-order valence-corrected chi connectivity index (χ2v) is 8.27. The largest absolute Gasteiger partial charge is 0.459 e. The number of ether oxygens (including phenoxy) is 2. The molecule has 0 N–H and O–H groups in total. The Morgan fingerprint density at radius 2 is 1.31 bits per heavy atom. The Balaban J connectivity index is 3.21. The van der Waals surface area contributed by atoms with E-state index in [4.69, 9.17) is 21.1 Å². The highest BCUT2D eigenvalue weighted by Gasteiger charge is 2.26. The molecule has 1 rings (SSSR count). The predicted molar refractivity (Wildman–Crippen MR) is 108 cm³/mol. The van der Waals surface area contributed by atoms with Crippen molar-refractivity contribution >= 4 is 39.5 Å². The molecule has 0 aliphatic heterocycles. The van der Waals surface area contributed by atoms with Crippen molar-refractivity contribution in [3.63, 3.8) is 0 Å². The van der Waals surface area contributed by atoms with E-state index in [0.29, 0.717) is 22.3 Å². The topological polar surface area (TPSA) is 52.6 Å². The fourth-order valence-corrected chi connectivity index (χ4v) is 3.18. The van der Waals surface area contributed by atoms with Crippen LogP contribution >= 0.6 is 27.5 Å². The minimum atomic E-state index is -0.565. The van der Waals surface area contributed by atoms with Crippen LogP contribution in [-0.2, 0) is 9.47 Å². The van der Waals surface area contributed by atoms with Gasteiger partial charge in [0, 0.05) is 4.47 Å². The number of halogens is 2. The first-order chi connectivity index (χ1) is 12.1. The third kappa shape index (κ3) is 5.98. The summed E-state index contributed by atoms with van der Waals surface area (Å²) in [6, 6.07) is 2.97. The molecule has 0 saturated carbocycles. The molecule has 0 aromatic heterocycles. The van der Waals surface area contributed by atoms with E-state index in [-0.39, 0.29) is 35.2 Å². The molecule has 0 fully saturated rings. The average molecular weight is 448 g/mol. The molecule has 0 heterocycles. The lowest BCUT2D eigenvalue weighted by atomic mass is 10.0. The molecular weight excluding hydrogens is 420 g/mol. The summed E-state index contributed by atoms with van der Waals surface area (Å²) < 4.78 is 11.7. The summed E-state index contributed by atoms with van der Waals surface area (Å²) in [6.07, 6.45) is 0.940. The van der Waals surface area contributed by atoms with Crippen LogP contribution in [0.1, 0.15) is 75.1 Å². The van der Waals surface area contributed by atoms with E-state index >= 15 is 0 Å². The van der Waals surface area contributed by atoms with Crippen LogP contribution in [0.5, 0.6) is 0 Å². The Bertz CT molecular complexity index is 588. The van der Waals surface area contributed by atoms with Gasteiger partial charge < -0.3 is 9.47 Å². The third-order valence-corrected chi connectivity index (χ3v) is 5.51. The van der Waals surface area contributed by atoms with Crippen LogP contribution in [-0.4, -0.2) is 24.1 Å². The van der Waals surface area contributed by atoms with Crippen molar-refractivity contribution in [2.75, 3.05) is 0 Å². The molecule has 2 atom stereocenters. The van der Waals surface area contributed by atoms with Gasteiger partial charge in [-0.15, -0.1) is 0 Å². The van der Waals surface area contributed by atoms with Crippen molar-refractivity contribution in [1.82, 2.24) is 0 Å². The van der Waals surface area contributed by atoms with Crippen molar-refractivity contribution in [3.8, 4) is 0 Å². The Morgan fingerprint density at radius 3 is 1.65 bits per heavy atom. The molecule has 0 amide bonds. The summed E-state index contributed by atoms with van der Waals surface area (Å²) in [7, 11) is 0. The molecule has 146 valence electrons. The van der Waals surface area contributed by atoms with Gasteiger partial charge in [-0.05, 0) is 52.7 Å². The molecule has 0 aliphatic rings. The maximum atomic E-state index is 12.7. The van der Waals surface area contributed by atoms with Gasteiger partial charge in [0.1, 0.15) is 12.2 Å². The van der Waals surface area contributed by atoms with E-state index in [0.717, 1.165) is 0 Å². The van der Waals surface area contributed by atoms with Crippen LogP contribution in [0.15, 0.2) is 16.6 Å². The second-order valence-electron chi connectivity index (χ2n) is 7.00. The summed E-state index contributed by atoms with van der Waals surface area (Å²) in [5.74, 6) is -0.756. The lowest BCUT2D eigenvalue weighted by molar-refractivity contribution is 0.0127. The number of hydrogen-bond donors (Lipinski definition) is 0. The van der Waals surface area contributed by atoms with Gasteiger partial charge in [0.25, 0.3) is 0 Å². The maximum Gasteiger partial charge on any atom is 0.339 e. The highest BCUT2D eigenvalue weighted by atomic mass is 79.9. The molecule has 0 radical (unpaired) electrons. The van der Waals surface area contributed by atoms with Gasteiger partial charge in [-0.3, -0.25) is 0 Å². The molecule has 0 saturated heterocycles. The molecule has 1 aromatic rings. The normalized spacial score (nSPS) is 13.6. The molecule has 6 heteroatoms. The van der Waals surface area contributed by atoms with Crippen molar-refractivity contribution in [1.29, 1.82) is 0 Å². The second kappa shape index (κ2) is 10.3. The number of rotatable bonds is 8. The van der Waals surface area contributed by atoms with Gasteiger partial charge in [-0.2, -0.15) is 0 Å². The van der Waals surface area contributed by atoms with Gasteiger partial charge in [0.2, 0.25) is 0 Å². The number of esters is 2. The predicted octanol–water partition coefficient (Wildman–Crippen LogP) is 6.29. The van der Waals surface area contributed by atoms with Crippen LogP contribution in [0, 0.1) is 11.8 Å². The Hall–Kier alpha value is -1.07. The third-order valence-electron chi connectivity index (χ3n) is 4.31. The summed E-state index contributed by atoms with van der Waals surface area (Å²) in [4.78, 5) is 25.4. The van der Waals surface area contributed by atoms with E-state index in [1.807, 2.05) is 41.5 Å². The molecule has 4 nitrogen and oxygen atoms in total. The van der Waals surface area contributed by atoms with Crippen molar-refractivity contribution in [3.05, 3.63) is 32.8 Å². The maximum absolute atomic E-state index is 12.7. The van der Waals surface area contributed by atoms with E-state index in [9.17, 15) is 9.59 Å². The van der Waals surface area contributed by atoms with Gasteiger partial charge in [-0.25, -0.2) is 9.59 Å². The number of benzene rings is 1. The summed E-state index contributed by atoms with van der Waals surface area (Å²) in [6.45, 7) is 11.9. The van der Waals surface area contributed by atoms with E-state index in [1.165, 1.54) is 12.1 Å². The summed E-state index contributed by atoms with van der Waals surface area (Å²) in [5, 5.41) is 0.335. The zero-order valence-electron chi connectivity index (χ0n) is 16.3. The first-order valence-corrected chi connectivity index (χ1v) is 10.2. The Kier molecular flexibility index (Phi) is 9.11. The smallest absolute Gasteiger partial charge is 0.339 e. The summed E-state index contributed by atoms with van der Waals surface area (Å²) in [5.41, 5.74) is 0.282. The zero-order valence-corrected chi connectivity index (χ0v) is 18.6.